The molecule has 178 valence electrons. The summed E-state index contributed by atoms with van der Waals surface area (Å²) in [5.74, 6) is 0.844. The van der Waals surface area contributed by atoms with Crippen LogP contribution in [0.1, 0.15) is 52.4 Å². The van der Waals surface area contributed by atoms with E-state index in [1.54, 1.807) is 17.5 Å². The molecule has 35 heavy (non-hydrogen) atoms. The Hall–Kier alpha value is -4.26. The number of nitrogens with zero attached hydrogens (tertiary/aromatic N) is 4. The summed E-state index contributed by atoms with van der Waals surface area (Å²) in [6, 6.07) is 15.1. The van der Waals surface area contributed by atoms with Crippen molar-refractivity contribution in [1.82, 2.24) is 30.2 Å². The molecule has 0 spiro atoms. The Labute approximate surface area is 205 Å². The summed E-state index contributed by atoms with van der Waals surface area (Å²) in [7, 11) is 0. The van der Waals surface area contributed by atoms with Crippen LogP contribution in [0.2, 0.25) is 0 Å². The predicted octanol–water partition coefficient (Wildman–Crippen LogP) is 5.61. The maximum Gasteiger partial charge on any atom is 0.253 e. The topological polar surface area (TPSA) is 67.1 Å². The van der Waals surface area contributed by atoms with Crippen molar-refractivity contribution in [3.05, 3.63) is 114 Å². The van der Waals surface area contributed by atoms with Gasteiger partial charge in [0.1, 0.15) is 11.6 Å². The fourth-order valence-corrected chi connectivity index (χ4v) is 3.79. The van der Waals surface area contributed by atoms with Crippen LogP contribution in [0.25, 0.3) is 23.2 Å². The summed E-state index contributed by atoms with van der Waals surface area (Å²) in [6.07, 6.45) is 1.82. The fourth-order valence-electron chi connectivity index (χ4n) is 3.79. The molecule has 4 rings (SSSR count). The third kappa shape index (κ3) is 5.30. The predicted molar refractivity (Wildman–Crippen MR) is 140 cm³/mol. The molecule has 0 aliphatic carbocycles. The third-order valence-corrected chi connectivity index (χ3v) is 5.83. The molecule has 1 atom stereocenters. The highest BCUT2D eigenvalue weighted by atomic mass is 19.1. The molecule has 0 amide bonds. The van der Waals surface area contributed by atoms with E-state index >= 15 is 0 Å². The second-order valence-electron chi connectivity index (χ2n) is 8.53. The number of aromatic nitrogens is 4. The van der Waals surface area contributed by atoms with Gasteiger partial charge in [-0.2, -0.15) is 9.50 Å². The van der Waals surface area contributed by atoms with E-state index in [0.29, 0.717) is 40.8 Å². The Kier molecular flexibility index (Phi) is 6.78. The van der Waals surface area contributed by atoms with E-state index in [0.717, 1.165) is 22.4 Å². The molecule has 0 bridgehead atoms. The van der Waals surface area contributed by atoms with Crippen LogP contribution < -0.4 is 10.6 Å². The zero-order valence-corrected chi connectivity index (χ0v) is 20.3. The average Bonchev–Trinajstić information content (AvgIpc) is 3.23. The fraction of sp³-hybridized carbons (Fsp3) is 0.179. The molecule has 0 fully saturated rings. The van der Waals surface area contributed by atoms with E-state index in [1.165, 1.54) is 6.07 Å². The first kappa shape index (κ1) is 23.9. The summed E-state index contributed by atoms with van der Waals surface area (Å²) in [6.45, 7) is 18.3. The third-order valence-electron chi connectivity index (χ3n) is 5.83. The van der Waals surface area contributed by atoms with Crippen molar-refractivity contribution in [2.45, 2.75) is 33.4 Å². The minimum absolute atomic E-state index is 0.0190. The van der Waals surface area contributed by atoms with Crippen LogP contribution in [0, 0.1) is 19.7 Å². The van der Waals surface area contributed by atoms with Crippen molar-refractivity contribution >= 4 is 23.2 Å². The molecule has 0 radical (unpaired) electrons. The molecule has 0 saturated heterocycles. The van der Waals surface area contributed by atoms with Crippen LogP contribution >= 0.6 is 0 Å². The van der Waals surface area contributed by atoms with Gasteiger partial charge in [-0.15, -0.1) is 5.10 Å². The van der Waals surface area contributed by atoms with Gasteiger partial charge in [-0.25, -0.2) is 9.37 Å². The lowest BCUT2D eigenvalue weighted by Gasteiger charge is -2.18. The molecule has 2 aromatic heterocycles. The van der Waals surface area contributed by atoms with E-state index < -0.39 is 0 Å². The Balaban J connectivity index is 1.57. The summed E-state index contributed by atoms with van der Waals surface area (Å²) in [5, 5.41) is 11.2. The Bertz CT molecular complexity index is 1420. The molecule has 0 unspecified atom stereocenters. The van der Waals surface area contributed by atoms with Crippen LogP contribution in [0.5, 0.6) is 0 Å². The van der Waals surface area contributed by atoms with Gasteiger partial charge in [0.15, 0.2) is 0 Å². The maximum absolute atomic E-state index is 13.6. The van der Waals surface area contributed by atoms with Gasteiger partial charge >= 0.3 is 0 Å². The zero-order chi connectivity index (χ0) is 25.1. The SMILES string of the molecule is C=Cc1ccc([C@H](C)NC(=C)c2cc(C(=C)NCc3ccc(F)c(C)c3)n3nc(C)nc3n2)cc1. The van der Waals surface area contributed by atoms with E-state index in [2.05, 4.69) is 64.5 Å². The summed E-state index contributed by atoms with van der Waals surface area (Å²) in [5.41, 5.74) is 6.42. The Morgan fingerprint density at radius 3 is 2.49 bits per heavy atom. The smallest absolute Gasteiger partial charge is 0.253 e. The lowest BCUT2D eigenvalue weighted by Crippen LogP contribution is -2.19. The molecule has 7 heteroatoms. The molecular formula is C28H29FN6. The highest BCUT2D eigenvalue weighted by Gasteiger charge is 2.15. The van der Waals surface area contributed by atoms with Gasteiger partial charge in [0.05, 0.1) is 22.8 Å². The number of aryl methyl sites for hydroxylation is 2. The Morgan fingerprint density at radius 2 is 1.80 bits per heavy atom. The van der Waals surface area contributed by atoms with Crippen molar-refractivity contribution in [2.24, 2.45) is 0 Å². The molecule has 0 aliphatic rings. The number of rotatable bonds is 9. The molecule has 0 aliphatic heterocycles. The largest absolute Gasteiger partial charge is 0.380 e. The highest BCUT2D eigenvalue weighted by Crippen LogP contribution is 2.21. The molecular weight excluding hydrogens is 439 g/mol. The average molecular weight is 469 g/mol. The number of hydrogen-bond acceptors (Lipinski definition) is 5. The first-order valence-electron chi connectivity index (χ1n) is 11.4. The minimum atomic E-state index is -0.219. The van der Waals surface area contributed by atoms with Gasteiger partial charge in [0.2, 0.25) is 0 Å². The van der Waals surface area contributed by atoms with Gasteiger partial charge in [-0.05, 0) is 55.2 Å². The van der Waals surface area contributed by atoms with E-state index in [-0.39, 0.29) is 11.9 Å². The molecule has 2 heterocycles. The number of nitrogens with one attached hydrogen (secondary N) is 2. The van der Waals surface area contributed by atoms with Gasteiger partial charge in [0, 0.05) is 12.6 Å². The van der Waals surface area contributed by atoms with Crippen molar-refractivity contribution < 1.29 is 4.39 Å². The molecule has 2 N–H and O–H groups in total. The summed E-state index contributed by atoms with van der Waals surface area (Å²) < 4.78 is 15.3. The van der Waals surface area contributed by atoms with Crippen LogP contribution in [-0.4, -0.2) is 19.6 Å². The molecule has 4 aromatic rings. The van der Waals surface area contributed by atoms with Gasteiger partial charge in [0.25, 0.3) is 5.78 Å². The monoisotopic (exact) mass is 468 g/mol. The quantitative estimate of drug-likeness (QED) is 0.334. The van der Waals surface area contributed by atoms with Crippen molar-refractivity contribution in [2.75, 3.05) is 0 Å². The maximum atomic E-state index is 13.6. The van der Waals surface area contributed by atoms with Gasteiger partial charge in [-0.1, -0.05) is 62.2 Å². The summed E-state index contributed by atoms with van der Waals surface area (Å²) in [4.78, 5) is 9.10. The molecule has 0 saturated carbocycles. The molecule has 2 aromatic carbocycles. The zero-order valence-electron chi connectivity index (χ0n) is 20.3. The minimum Gasteiger partial charge on any atom is -0.380 e. The van der Waals surface area contributed by atoms with Gasteiger partial charge in [-0.3, -0.25) is 0 Å². The summed E-state index contributed by atoms with van der Waals surface area (Å²) >= 11 is 0. The Morgan fingerprint density at radius 1 is 1.06 bits per heavy atom. The first-order chi connectivity index (χ1) is 16.7. The molecule has 6 nitrogen and oxygen atoms in total. The van der Waals surface area contributed by atoms with Crippen LogP contribution in [0.3, 0.4) is 0 Å². The van der Waals surface area contributed by atoms with E-state index in [1.807, 2.05) is 37.3 Å². The number of hydrogen-bond donors (Lipinski definition) is 2. The second-order valence-corrected chi connectivity index (χ2v) is 8.53. The normalized spacial score (nSPS) is 11.8. The number of halogens is 1. The standard InChI is InChI=1S/C28H29FN6/c1-7-22-8-11-24(12-9-22)18(3)31-19(4)26-15-27(35-28(33-26)32-21(6)34-35)20(5)30-16-23-10-13-25(29)17(2)14-23/h7-15,18,30-31H,1,4-5,16H2,2-3,6H3/t18-/m0/s1. The van der Waals surface area contributed by atoms with Crippen molar-refractivity contribution in [3.63, 3.8) is 0 Å². The first-order valence-corrected chi connectivity index (χ1v) is 11.4. The van der Waals surface area contributed by atoms with Crippen LogP contribution in [0.4, 0.5) is 4.39 Å². The van der Waals surface area contributed by atoms with Crippen molar-refractivity contribution in [3.8, 4) is 0 Å². The highest BCUT2D eigenvalue weighted by molar-refractivity contribution is 5.67. The van der Waals surface area contributed by atoms with E-state index in [9.17, 15) is 4.39 Å². The number of benzene rings is 2. The lowest BCUT2D eigenvalue weighted by atomic mass is 10.1. The van der Waals surface area contributed by atoms with Gasteiger partial charge < -0.3 is 10.6 Å². The van der Waals surface area contributed by atoms with E-state index in [4.69, 9.17) is 0 Å². The van der Waals surface area contributed by atoms with Crippen LogP contribution in [0.15, 0.2) is 68.3 Å². The lowest BCUT2D eigenvalue weighted by molar-refractivity contribution is 0.617. The number of fused-ring (bicyclic) bond motifs is 1. The second kappa shape index (κ2) is 9.93. The van der Waals surface area contributed by atoms with Crippen LogP contribution in [-0.2, 0) is 6.54 Å². The van der Waals surface area contributed by atoms with Crippen molar-refractivity contribution in [1.29, 1.82) is 0 Å².